The van der Waals surface area contributed by atoms with Crippen molar-refractivity contribution in [2.45, 2.75) is 6.92 Å². The standard InChI is InChI=1S/C19H18BrN3O4/c1-12-8-13(20)6-7-14(12)22-17(24)9-21-18(25)10-23-15-4-2-3-5-16(15)27-11-19(23)26/h2-8H,9-11H2,1H3,(H,21,25)(H,22,24). The summed E-state index contributed by atoms with van der Waals surface area (Å²) in [6.07, 6.45) is 0. The van der Waals surface area contributed by atoms with E-state index in [0.29, 0.717) is 17.1 Å². The van der Waals surface area contributed by atoms with Gasteiger partial charge < -0.3 is 15.4 Å². The number of aryl methyl sites for hydroxylation is 1. The number of rotatable bonds is 5. The number of anilines is 2. The van der Waals surface area contributed by atoms with Crippen LogP contribution in [0.15, 0.2) is 46.9 Å². The number of ether oxygens (including phenoxy) is 1. The van der Waals surface area contributed by atoms with Gasteiger partial charge >= 0.3 is 0 Å². The molecule has 0 bridgehead atoms. The zero-order chi connectivity index (χ0) is 19.4. The number of hydrogen-bond donors (Lipinski definition) is 2. The molecule has 8 heteroatoms. The number of hydrogen-bond acceptors (Lipinski definition) is 4. The molecule has 0 saturated carbocycles. The van der Waals surface area contributed by atoms with Crippen molar-refractivity contribution in [3.63, 3.8) is 0 Å². The van der Waals surface area contributed by atoms with E-state index in [1.807, 2.05) is 19.1 Å². The highest BCUT2D eigenvalue weighted by atomic mass is 79.9. The molecule has 140 valence electrons. The maximum Gasteiger partial charge on any atom is 0.265 e. The molecule has 27 heavy (non-hydrogen) atoms. The van der Waals surface area contributed by atoms with Crippen LogP contribution in [0.5, 0.6) is 5.75 Å². The second-order valence-corrected chi connectivity index (χ2v) is 6.94. The number of carbonyl (C=O) groups is 3. The van der Waals surface area contributed by atoms with Gasteiger partial charge in [0.15, 0.2) is 6.61 Å². The molecule has 7 nitrogen and oxygen atoms in total. The van der Waals surface area contributed by atoms with Gasteiger partial charge in [-0.25, -0.2) is 0 Å². The lowest BCUT2D eigenvalue weighted by molar-refractivity contribution is -0.126. The van der Waals surface area contributed by atoms with Gasteiger partial charge in [-0.2, -0.15) is 0 Å². The van der Waals surface area contributed by atoms with Gasteiger partial charge in [-0.1, -0.05) is 28.1 Å². The van der Waals surface area contributed by atoms with Crippen molar-refractivity contribution in [1.29, 1.82) is 0 Å². The molecule has 2 aromatic rings. The highest BCUT2D eigenvalue weighted by Crippen LogP contribution is 2.31. The van der Waals surface area contributed by atoms with E-state index in [-0.39, 0.29) is 31.5 Å². The number of halogens is 1. The second-order valence-electron chi connectivity index (χ2n) is 6.02. The molecule has 0 saturated heterocycles. The molecule has 1 aliphatic rings. The molecular formula is C19H18BrN3O4. The van der Waals surface area contributed by atoms with E-state index < -0.39 is 5.91 Å². The molecule has 0 atom stereocenters. The fourth-order valence-electron chi connectivity index (χ4n) is 2.67. The van der Waals surface area contributed by atoms with Gasteiger partial charge in [-0.15, -0.1) is 0 Å². The Labute approximate surface area is 164 Å². The highest BCUT2D eigenvalue weighted by Gasteiger charge is 2.26. The van der Waals surface area contributed by atoms with E-state index in [0.717, 1.165) is 10.0 Å². The van der Waals surface area contributed by atoms with Crippen molar-refractivity contribution in [3.8, 4) is 5.75 Å². The molecule has 2 aromatic carbocycles. The number of nitrogens with one attached hydrogen (secondary N) is 2. The molecule has 1 heterocycles. The average Bonchev–Trinajstić information content (AvgIpc) is 2.65. The first kappa shape index (κ1) is 18.9. The van der Waals surface area contributed by atoms with Crippen molar-refractivity contribution in [1.82, 2.24) is 5.32 Å². The summed E-state index contributed by atoms with van der Waals surface area (Å²) in [6.45, 7) is 1.40. The van der Waals surface area contributed by atoms with Crippen molar-refractivity contribution >= 4 is 45.0 Å². The normalized spacial score (nSPS) is 12.8. The maximum absolute atomic E-state index is 12.2. The molecule has 3 amide bonds. The monoisotopic (exact) mass is 431 g/mol. The quantitative estimate of drug-likeness (QED) is 0.759. The Balaban J connectivity index is 1.55. The Hall–Kier alpha value is -2.87. The molecule has 0 aliphatic carbocycles. The molecule has 2 N–H and O–H groups in total. The molecule has 3 rings (SSSR count). The topological polar surface area (TPSA) is 87.7 Å². The Morgan fingerprint density at radius 2 is 1.96 bits per heavy atom. The van der Waals surface area contributed by atoms with Crippen LogP contribution in [0.25, 0.3) is 0 Å². The number of para-hydroxylation sites is 2. The lowest BCUT2D eigenvalue weighted by atomic mass is 10.2. The number of fused-ring (bicyclic) bond motifs is 1. The van der Waals surface area contributed by atoms with Crippen LogP contribution in [0.2, 0.25) is 0 Å². The SMILES string of the molecule is Cc1cc(Br)ccc1NC(=O)CNC(=O)CN1C(=O)COc2ccccc21. The van der Waals surface area contributed by atoms with Gasteiger partial charge in [0.2, 0.25) is 11.8 Å². The van der Waals surface area contributed by atoms with Crippen LogP contribution < -0.4 is 20.3 Å². The molecule has 0 aromatic heterocycles. The predicted octanol–water partition coefficient (Wildman–Crippen LogP) is 2.24. The number of nitrogens with zero attached hydrogens (tertiary/aromatic N) is 1. The van der Waals surface area contributed by atoms with E-state index in [9.17, 15) is 14.4 Å². The van der Waals surface area contributed by atoms with Crippen LogP contribution in [-0.4, -0.2) is 37.4 Å². The van der Waals surface area contributed by atoms with Crippen LogP contribution in [0.1, 0.15) is 5.56 Å². The summed E-state index contributed by atoms with van der Waals surface area (Å²) >= 11 is 3.37. The Bertz CT molecular complexity index is 900. The number of carbonyl (C=O) groups excluding carboxylic acids is 3. The summed E-state index contributed by atoms with van der Waals surface area (Å²) in [5.74, 6) is -0.530. The van der Waals surface area contributed by atoms with Crippen LogP contribution in [0.3, 0.4) is 0 Å². The maximum atomic E-state index is 12.2. The van der Waals surface area contributed by atoms with Crippen molar-refractivity contribution in [3.05, 3.63) is 52.5 Å². The first-order valence-corrected chi connectivity index (χ1v) is 9.08. The van der Waals surface area contributed by atoms with E-state index >= 15 is 0 Å². The van der Waals surface area contributed by atoms with Crippen molar-refractivity contribution in [2.75, 3.05) is 29.9 Å². The lowest BCUT2D eigenvalue weighted by Crippen LogP contribution is -2.46. The van der Waals surface area contributed by atoms with Crippen LogP contribution in [0, 0.1) is 6.92 Å². The fraction of sp³-hybridized carbons (Fsp3) is 0.211. The lowest BCUT2D eigenvalue weighted by Gasteiger charge is -2.28. The van der Waals surface area contributed by atoms with Gasteiger partial charge in [-0.3, -0.25) is 19.3 Å². The van der Waals surface area contributed by atoms with E-state index in [2.05, 4.69) is 26.6 Å². The third-order valence-corrected chi connectivity index (χ3v) is 4.51. The summed E-state index contributed by atoms with van der Waals surface area (Å²) in [4.78, 5) is 37.7. The zero-order valence-corrected chi connectivity index (χ0v) is 16.2. The highest BCUT2D eigenvalue weighted by molar-refractivity contribution is 9.10. The minimum absolute atomic E-state index is 0.117. The fourth-order valence-corrected chi connectivity index (χ4v) is 3.14. The molecule has 0 unspecified atom stereocenters. The molecular weight excluding hydrogens is 414 g/mol. The summed E-state index contributed by atoms with van der Waals surface area (Å²) in [7, 11) is 0. The van der Waals surface area contributed by atoms with Gasteiger partial charge in [0.25, 0.3) is 5.91 Å². The third-order valence-electron chi connectivity index (χ3n) is 4.02. The van der Waals surface area contributed by atoms with Gasteiger partial charge in [0.05, 0.1) is 12.2 Å². The zero-order valence-electron chi connectivity index (χ0n) is 14.6. The molecule has 0 spiro atoms. The predicted molar refractivity (Wildman–Crippen MR) is 105 cm³/mol. The van der Waals surface area contributed by atoms with Gasteiger partial charge in [-0.05, 0) is 42.8 Å². The van der Waals surface area contributed by atoms with Crippen LogP contribution in [0.4, 0.5) is 11.4 Å². The van der Waals surface area contributed by atoms with E-state index in [1.54, 1.807) is 30.3 Å². The molecule has 0 fully saturated rings. The van der Waals surface area contributed by atoms with Crippen LogP contribution in [-0.2, 0) is 14.4 Å². The largest absolute Gasteiger partial charge is 0.482 e. The first-order valence-electron chi connectivity index (χ1n) is 8.29. The van der Waals surface area contributed by atoms with Gasteiger partial charge in [0.1, 0.15) is 12.3 Å². The second kappa shape index (κ2) is 8.22. The summed E-state index contributed by atoms with van der Waals surface area (Å²) < 4.78 is 6.26. The Morgan fingerprint density at radius 3 is 2.74 bits per heavy atom. The summed E-state index contributed by atoms with van der Waals surface area (Å²) in [5.41, 5.74) is 2.12. The summed E-state index contributed by atoms with van der Waals surface area (Å²) in [5, 5.41) is 5.28. The number of benzene rings is 2. The average molecular weight is 432 g/mol. The smallest absolute Gasteiger partial charge is 0.265 e. The number of amides is 3. The molecule has 1 aliphatic heterocycles. The van der Waals surface area contributed by atoms with Gasteiger partial charge in [0, 0.05) is 10.2 Å². The van der Waals surface area contributed by atoms with Crippen molar-refractivity contribution in [2.24, 2.45) is 0 Å². The first-order chi connectivity index (χ1) is 12.9. The molecule has 0 radical (unpaired) electrons. The third kappa shape index (κ3) is 4.65. The Morgan fingerprint density at radius 1 is 1.19 bits per heavy atom. The Kier molecular flexibility index (Phi) is 5.75. The minimum Gasteiger partial charge on any atom is -0.482 e. The minimum atomic E-state index is -0.428. The summed E-state index contributed by atoms with van der Waals surface area (Å²) in [6, 6.07) is 12.5. The van der Waals surface area contributed by atoms with Crippen molar-refractivity contribution < 1.29 is 19.1 Å². The van der Waals surface area contributed by atoms with E-state index in [4.69, 9.17) is 4.74 Å². The van der Waals surface area contributed by atoms with E-state index in [1.165, 1.54) is 4.90 Å². The van der Waals surface area contributed by atoms with Crippen LogP contribution >= 0.6 is 15.9 Å².